The van der Waals surface area contributed by atoms with Gasteiger partial charge in [-0.3, -0.25) is 4.79 Å². The average molecular weight is 453 g/mol. The van der Waals surface area contributed by atoms with Crippen molar-refractivity contribution < 1.29 is 9.21 Å². The van der Waals surface area contributed by atoms with Crippen LogP contribution in [0.15, 0.2) is 39.8 Å². The van der Waals surface area contributed by atoms with Gasteiger partial charge in [0, 0.05) is 24.9 Å². The van der Waals surface area contributed by atoms with Crippen molar-refractivity contribution in [3.63, 3.8) is 0 Å². The van der Waals surface area contributed by atoms with Crippen LogP contribution in [0.2, 0.25) is 0 Å². The van der Waals surface area contributed by atoms with Crippen LogP contribution in [-0.4, -0.2) is 28.4 Å². The zero-order chi connectivity index (χ0) is 19.7. The van der Waals surface area contributed by atoms with Crippen LogP contribution in [0, 0.1) is 13.8 Å². The smallest absolute Gasteiger partial charge is 0.349 e. The van der Waals surface area contributed by atoms with Crippen LogP contribution >= 0.6 is 24.8 Å². The number of nitrogens with zero attached hydrogens (tertiary/aromatic N) is 2. The zero-order valence-electron chi connectivity index (χ0n) is 16.9. The Labute approximate surface area is 187 Å². The molecule has 0 aliphatic carbocycles. The SMILES string of the molecule is Cc1ccn2cc(CNC(=O)c3c(C)cc(C4CCCNC4)oc3=O)nc2c1.Cl.Cl. The lowest BCUT2D eigenvalue weighted by Crippen LogP contribution is -2.31. The molecule has 1 atom stereocenters. The minimum Gasteiger partial charge on any atom is -0.427 e. The summed E-state index contributed by atoms with van der Waals surface area (Å²) in [6.45, 7) is 5.81. The van der Waals surface area contributed by atoms with Gasteiger partial charge < -0.3 is 19.5 Å². The molecule has 0 spiro atoms. The summed E-state index contributed by atoms with van der Waals surface area (Å²) in [4.78, 5) is 29.6. The second-order valence-corrected chi connectivity index (χ2v) is 7.42. The summed E-state index contributed by atoms with van der Waals surface area (Å²) in [7, 11) is 0. The van der Waals surface area contributed by atoms with E-state index in [1.807, 2.05) is 41.9 Å². The molecule has 162 valence electrons. The molecular weight excluding hydrogens is 427 g/mol. The fourth-order valence-electron chi connectivity index (χ4n) is 3.68. The Morgan fingerprint density at radius 3 is 2.83 bits per heavy atom. The maximum Gasteiger partial charge on any atom is 0.349 e. The first-order chi connectivity index (χ1) is 13.5. The number of piperidine rings is 1. The van der Waals surface area contributed by atoms with Gasteiger partial charge in [-0.2, -0.15) is 0 Å². The Balaban J connectivity index is 0.00000160. The van der Waals surface area contributed by atoms with Crippen molar-refractivity contribution in [3.05, 3.63) is 69.2 Å². The monoisotopic (exact) mass is 452 g/mol. The number of hydrogen-bond acceptors (Lipinski definition) is 5. The fourth-order valence-corrected chi connectivity index (χ4v) is 3.68. The Morgan fingerprint density at radius 1 is 1.33 bits per heavy atom. The maximum atomic E-state index is 12.6. The first-order valence-electron chi connectivity index (χ1n) is 9.59. The third-order valence-corrected chi connectivity index (χ3v) is 5.19. The molecule has 3 aromatic heterocycles. The van der Waals surface area contributed by atoms with Crippen LogP contribution in [0.25, 0.3) is 5.65 Å². The quantitative estimate of drug-likeness (QED) is 0.634. The van der Waals surface area contributed by atoms with Crippen molar-refractivity contribution >= 4 is 36.4 Å². The lowest BCUT2D eigenvalue weighted by atomic mass is 9.95. The number of rotatable bonds is 4. The van der Waals surface area contributed by atoms with Crippen LogP contribution in [-0.2, 0) is 6.54 Å². The highest BCUT2D eigenvalue weighted by atomic mass is 35.5. The molecule has 1 aliphatic heterocycles. The van der Waals surface area contributed by atoms with Crippen LogP contribution in [0.4, 0.5) is 0 Å². The summed E-state index contributed by atoms with van der Waals surface area (Å²) < 4.78 is 7.39. The number of fused-ring (bicyclic) bond motifs is 1. The van der Waals surface area contributed by atoms with Crippen molar-refractivity contribution in [2.24, 2.45) is 0 Å². The zero-order valence-corrected chi connectivity index (χ0v) is 18.6. The number of carbonyl (C=O) groups is 1. The molecule has 1 saturated heterocycles. The van der Waals surface area contributed by atoms with E-state index in [4.69, 9.17) is 4.42 Å². The van der Waals surface area contributed by atoms with Gasteiger partial charge in [0.25, 0.3) is 5.91 Å². The molecule has 1 amide bonds. The van der Waals surface area contributed by atoms with Gasteiger partial charge in [0.1, 0.15) is 17.0 Å². The van der Waals surface area contributed by atoms with E-state index in [0.717, 1.165) is 42.8 Å². The summed E-state index contributed by atoms with van der Waals surface area (Å²) in [5.41, 5.74) is 2.79. The molecule has 0 saturated carbocycles. The Hall–Kier alpha value is -2.35. The van der Waals surface area contributed by atoms with Gasteiger partial charge >= 0.3 is 5.63 Å². The summed E-state index contributed by atoms with van der Waals surface area (Å²) in [5.74, 6) is 0.397. The number of hydrogen-bond donors (Lipinski definition) is 2. The largest absolute Gasteiger partial charge is 0.427 e. The topological polar surface area (TPSA) is 88.6 Å². The van der Waals surface area contributed by atoms with E-state index in [2.05, 4.69) is 15.6 Å². The molecular formula is C21H26Cl2N4O3. The van der Waals surface area contributed by atoms with Crippen LogP contribution in [0.3, 0.4) is 0 Å². The van der Waals surface area contributed by atoms with Gasteiger partial charge in [-0.25, -0.2) is 9.78 Å². The van der Waals surface area contributed by atoms with Gasteiger partial charge in [0.15, 0.2) is 0 Å². The second-order valence-electron chi connectivity index (χ2n) is 7.42. The minimum absolute atomic E-state index is 0. The molecule has 2 N–H and O–H groups in total. The van der Waals surface area contributed by atoms with Crippen molar-refractivity contribution in [2.75, 3.05) is 13.1 Å². The van der Waals surface area contributed by atoms with Crippen LogP contribution in [0.1, 0.15) is 51.7 Å². The van der Waals surface area contributed by atoms with Gasteiger partial charge in [0.2, 0.25) is 0 Å². The molecule has 3 aromatic rings. The second kappa shape index (κ2) is 10.1. The molecule has 30 heavy (non-hydrogen) atoms. The maximum absolute atomic E-state index is 12.6. The van der Waals surface area contributed by atoms with E-state index in [9.17, 15) is 9.59 Å². The highest BCUT2D eigenvalue weighted by Crippen LogP contribution is 2.23. The number of aryl methyl sites for hydroxylation is 2. The molecule has 0 bridgehead atoms. The van der Waals surface area contributed by atoms with Crippen LogP contribution < -0.4 is 16.3 Å². The standard InChI is InChI=1S/C21H24N4O3.2ClH/c1-13-5-7-25-12-16(24-18(25)8-13)11-23-20(26)19-14(2)9-17(28-21(19)27)15-4-3-6-22-10-15;;/h5,7-9,12,15,22H,3-4,6,10-11H2,1-2H3,(H,23,26);2*1H. The number of halogens is 2. The first-order valence-corrected chi connectivity index (χ1v) is 9.59. The van der Waals surface area contributed by atoms with Crippen molar-refractivity contribution in [1.82, 2.24) is 20.0 Å². The molecule has 1 fully saturated rings. The van der Waals surface area contributed by atoms with E-state index in [1.54, 1.807) is 6.92 Å². The third kappa shape index (κ3) is 5.03. The van der Waals surface area contributed by atoms with E-state index in [-0.39, 0.29) is 42.8 Å². The number of amides is 1. The van der Waals surface area contributed by atoms with Gasteiger partial charge in [0.05, 0.1) is 12.2 Å². The molecule has 0 radical (unpaired) electrons. The molecule has 4 heterocycles. The van der Waals surface area contributed by atoms with E-state index in [1.165, 1.54) is 0 Å². The Morgan fingerprint density at radius 2 is 2.13 bits per heavy atom. The summed E-state index contributed by atoms with van der Waals surface area (Å²) in [6, 6.07) is 5.79. The van der Waals surface area contributed by atoms with Gasteiger partial charge in [-0.05, 0) is 62.6 Å². The number of nitrogens with one attached hydrogen (secondary N) is 2. The molecule has 1 aliphatic rings. The third-order valence-electron chi connectivity index (χ3n) is 5.19. The van der Waals surface area contributed by atoms with Gasteiger partial charge in [-0.1, -0.05) is 0 Å². The summed E-state index contributed by atoms with van der Waals surface area (Å²) in [6.07, 6.45) is 5.83. The minimum atomic E-state index is -0.580. The number of pyridine rings is 1. The number of carbonyl (C=O) groups excluding carboxylic acids is 1. The molecule has 0 aromatic carbocycles. The normalized spacial score (nSPS) is 15.9. The summed E-state index contributed by atoms with van der Waals surface area (Å²) >= 11 is 0. The molecule has 4 rings (SSSR count). The van der Waals surface area contributed by atoms with Gasteiger partial charge in [-0.15, -0.1) is 24.8 Å². The van der Waals surface area contributed by atoms with Crippen molar-refractivity contribution in [2.45, 2.75) is 39.2 Å². The lowest BCUT2D eigenvalue weighted by Gasteiger charge is -2.22. The number of imidazole rings is 1. The highest BCUT2D eigenvalue weighted by molar-refractivity contribution is 5.95. The average Bonchev–Trinajstić information content (AvgIpc) is 3.08. The van der Waals surface area contributed by atoms with E-state index in [0.29, 0.717) is 11.3 Å². The molecule has 7 nitrogen and oxygen atoms in total. The highest BCUT2D eigenvalue weighted by Gasteiger charge is 2.22. The van der Waals surface area contributed by atoms with E-state index >= 15 is 0 Å². The predicted molar refractivity (Wildman–Crippen MR) is 120 cm³/mol. The van der Waals surface area contributed by atoms with Crippen molar-refractivity contribution in [1.29, 1.82) is 0 Å². The Bertz CT molecular complexity index is 1090. The Kier molecular flexibility index (Phi) is 8.06. The fraction of sp³-hybridized carbons (Fsp3) is 0.381. The number of aromatic nitrogens is 2. The summed E-state index contributed by atoms with van der Waals surface area (Å²) in [5, 5.41) is 6.10. The lowest BCUT2D eigenvalue weighted by molar-refractivity contribution is 0.0945. The predicted octanol–water partition coefficient (Wildman–Crippen LogP) is 3.14. The molecule has 1 unspecified atom stereocenters. The van der Waals surface area contributed by atoms with Crippen LogP contribution in [0.5, 0.6) is 0 Å². The van der Waals surface area contributed by atoms with Crippen molar-refractivity contribution in [3.8, 4) is 0 Å². The van der Waals surface area contributed by atoms with E-state index < -0.39 is 11.5 Å². The molecule has 9 heteroatoms. The first kappa shape index (κ1) is 23.9.